The molecule has 0 aliphatic rings. The van der Waals surface area contributed by atoms with E-state index in [9.17, 15) is 0 Å². The van der Waals surface area contributed by atoms with Crippen molar-refractivity contribution in [2.24, 2.45) is 0 Å². The van der Waals surface area contributed by atoms with Crippen LogP contribution in [0.15, 0.2) is 97.1 Å². The van der Waals surface area contributed by atoms with Crippen molar-refractivity contribution in [1.82, 2.24) is 0 Å². The highest BCUT2D eigenvalue weighted by atomic mass is 14.5. The first-order chi connectivity index (χ1) is 23.1. The Morgan fingerprint density at radius 2 is 0.660 bits per heavy atom. The molecule has 4 N–H and O–H groups in total. The molecule has 2 atom stereocenters. The van der Waals surface area contributed by atoms with Gasteiger partial charge in [-0.1, -0.05) is 157 Å². The molecule has 2 unspecified atom stereocenters. The van der Waals surface area contributed by atoms with Gasteiger partial charge >= 0.3 is 0 Å². The van der Waals surface area contributed by atoms with Gasteiger partial charge in [-0.05, 0) is 96.2 Å². The minimum Gasteiger partial charge on any atom is -0.399 e. The maximum Gasteiger partial charge on any atom is 0.0314 e. The number of rotatable bonds is 22. The van der Waals surface area contributed by atoms with Gasteiger partial charge in [0.1, 0.15) is 0 Å². The fraction of sp³-hybridized carbons (Fsp3) is 0.467. The summed E-state index contributed by atoms with van der Waals surface area (Å²) in [5, 5.41) is 0. The maximum absolute atomic E-state index is 5.97. The van der Waals surface area contributed by atoms with E-state index in [1.807, 2.05) is 24.3 Å². The van der Waals surface area contributed by atoms with Crippen molar-refractivity contribution < 1.29 is 0 Å². The molecule has 0 saturated carbocycles. The quantitative estimate of drug-likeness (QED) is 0.0670. The first-order valence-electron chi connectivity index (χ1n) is 19.0. The summed E-state index contributed by atoms with van der Waals surface area (Å²) in [6, 6.07) is 36.0. The van der Waals surface area contributed by atoms with E-state index < -0.39 is 0 Å². The molecule has 0 bridgehead atoms. The average Bonchev–Trinajstić information content (AvgIpc) is 3.10. The predicted molar refractivity (Wildman–Crippen MR) is 206 cm³/mol. The number of nitrogen functional groups attached to an aromatic ring is 2. The monoisotopic (exact) mass is 630 g/mol. The summed E-state index contributed by atoms with van der Waals surface area (Å²) in [6.07, 6.45) is 21.8. The number of nitrogens with two attached hydrogens (primary N) is 2. The van der Waals surface area contributed by atoms with Crippen LogP contribution in [0, 0.1) is 0 Å². The van der Waals surface area contributed by atoms with Gasteiger partial charge in [-0.2, -0.15) is 0 Å². The minimum atomic E-state index is 0.462. The number of hydrogen-bond donors (Lipinski definition) is 2. The molecular formula is C45H62N2. The van der Waals surface area contributed by atoms with Gasteiger partial charge in [0.2, 0.25) is 0 Å². The molecule has 0 heterocycles. The van der Waals surface area contributed by atoms with Crippen molar-refractivity contribution in [1.29, 1.82) is 0 Å². The normalized spacial score (nSPS) is 12.6. The highest BCUT2D eigenvalue weighted by Crippen LogP contribution is 2.32. The third kappa shape index (κ3) is 12.5. The summed E-state index contributed by atoms with van der Waals surface area (Å²) in [5.41, 5.74) is 22.2. The molecule has 4 aromatic carbocycles. The lowest BCUT2D eigenvalue weighted by Gasteiger charge is -2.19. The third-order valence-electron chi connectivity index (χ3n) is 10.1. The summed E-state index contributed by atoms with van der Waals surface area (Å²) in [5.74, 6) is 0.923. The molecule has 0 saturated heterocycles. The molecule has 0 fully saturated rings. The van der Waals surface area contributed by atoms with Gasteiger partial charge in [0.25, 0.3) is 0 Å². The second-order valence-corrected chi connectivity index (χ2v) is 13.9. The standard InChI is InChI=1S/C45H62N2/c1-3-5-12-18-44(40-28-32-42(46)33-29-40)38-24-20-36(21-25-38)16-14-10-8-7-9-11-15-17-37-22-26-39(27-23-37)45(19-13-6-4-2)41-30-34-43(47)35-31-41/h20-35,44-45H,3-19,46-47H2,1-2H3. The Morgan fingerprint density at radius 1 is 0.362 bits per heavy atom. The summed E-state index contributed by atoms with van der Waals surface area (Å²) < 4.78 is 0. The Kier molecular flexibility index (Phi) is 16.0. The Hall–Kier alpha value is -3.52. The third-order valence-corrected chi connectivity index (χ3v) is 10.1. The molecule has 0 aromatic heterocycles. The first-order valence-corrected chi connectivity index (χ1v) is 19.0. The van der Waals surface area contributed by atoms with E-state index in [-0.39, 0.29) is 0 Å². The molecule has 4 rings (SSSR count). The van der Waals surface area contributed by atoms with E-state index in [4.69, 9.17) is 11.5 Å². The van der Waals surface area contributed by atoms with Crippen molar-refractivity contribution in [2.75, 3.05) is 11.5 Å². The Bertz CT molecular complexity index is 1260. The number of anilines is 2. The minimum absolute atomic E-state index is 0.462. The molecule has 47 heavy (non-hydrogen) atoms. The maximum atomic E-state index is 5.97. The zero-order valence-corrected chi connectivity index (χ0v) is 29.6. The fourth-order valence-electron chi connectivity index (χ4n) is 7.08. The molecular weight excluding hydrogens is 569 g/mol. The van der Waals surface area contributed by atoms with Gasteiger partial charge in [-0.15, -0.1) is 0 Å². The van der Waals surface area contributed by atoms with Crippen LogP contribution in [0.2, 0.25) is 0 Å². The average molecular weight is 631 g/mol. The van der Waals surface area contributed by atoms with E-state index in [1.54, 1.807) is 0 Å². The highest BCUT2D eigenvalue weighted by molar-refractivity contribution is 5.44. The first kappa shape index (κ1) is 36.3. The van der Waals surface area contributed by atoms with Crippen molar-refractivity contribution in [2.45, 2.75) is 135 Å². The van der Waals surface area contributed by atoms with Gasteiger partial charge in [0.15, 0.2) is 0 Å². The predicted octanol–water partition coefficient (Wildman–Crippen LogP) is 12.8. The molecule has 2 nitrogen and oxygen atoms in total. The van der Waals surface area contributed by atoms with E-state index in [0.717, 1.165) is 11.4 Å². The molecule has 0 radical (unpaired) electrons. The SMILES string of the molecule is CCCCCC(c1ccc(N)cc1)c1ccc(CCCCCCCCCc2ccc(C(CCCCC)c3ccc(N)cc3)cc2)cc1. The van der Waals surface area contributed by atoms with Gasteiger partial charge in [-0.3, -0.25) is 0 Å². The second-order valence-electron chi connectivity index (χ2n) is 13.9. The van der Waals surface area contributed by atoms with Crippen LogP contribution in [0.5, 0.6) is 0 Å². The molecule has 252 valence electrons. The van der Waals surface area contributed by atoms with Crippen LogP contribution in [-0.2, 0) is 12.8 Å². The Morgan fingerprint density at radius 3 is 0.979 bits per heavy atom. The van der Waals surface area contributed by atoms with Crippen LogP contribution in [0.25, 0.3) is 0 Å². The van der Waals surface area contributed by atoms with Crippen molar-refractivity contribution >= 4 is 11.4 Å². The zero-order chi connectivity index (χ0) is 33.1. The van der Waals surface area contributed by atoms with Gasteiger partial charge in [0.05, 0.1) is 0 Å². The summed E-state index contributed by atoms with van der Waals surface area (Å²) in [7, 11) is 0. The van der Waals surface area contributed by atoms with Gasteiger partial charge in [0, 0.05) is 23.2 Å². The number of unbranched alkanes of at least 4 members (excludes halogenated alkanes) is 10. The van der Waals surface area contributed by atoms with Crippen LogP contribution in [-0.4, -0.2) is 0 Å². The topological polar surface area (TPSA) is 52.0 Å². The van der Waals surface area contributed by atoms with Crippen molar-refractivity contribution in [3.05, 3.63) is 130 Å². The molecule has 2 heteroatoms. The number of benzene rings is 4. The lowest BCUT2D eigenvalue weighted by molar-refractivity contribution is 0.579. The molecule has 0 aliphatic heterocycles. The molecule has 0 spiro atoms. The van der Waals surface area contributed by atoms with E-state index >= 15 is 0 Å². The van der Waals surface area contributed by atoms with Crippen molar-refractivity contribution in [3.63, 3.8) is 0 Å². The number of hydrogen-bond acceptors (Lipinski definition) is 2. The summed E-state index contributed by atoms with van der Waals surface area (Å²) in [6.45, 7) is 4.56. The van der Waals surface area contributed by atoms with Crippen LogP contribution < -0.4 is 11.5 Å². The summed E-state index contributed by atoms with van der Waals surface area (Å²) in [4.78, 5) is 0. The van der Waals surface area contributed by atoms with E-state index in [2.05, 4.69) is 86.6 Å². The van der Waals surface area contributed by atoms with E-state index in [1.165, 1.54) is 143 Å². The van der Waals surface area contributed by atoms with Crippen LogP contribution in [0.3, 0.4) is 0 Å². The number of aryl methyl sites for hydroxylation is 2. The molecule has 4 aromatic rings. The molecule has 0 aliphatic carbocycles. The smallest absolute Gasteiger partial charge is 0.0314 e. The van der Waals surface area contributed by atoms with Gasteiger partial charge < -0.3 is 11.5 Å². The highest BCUT2D eigenvalue weighted by Gasteiger charge is 2.15. The van der Waals surface area contributed by atoms with Crippen LogP contribution in [0.1, 0.15) is 155 Å². The Labute approximate surface area is 287 Å². The lowest BCUT2D eigenvalue weighted by atomic mass is 9.86. The van der Waals surface area contributed by atoms with Gasteiger partial charge in [-0.25, -0.2) is 0 Å². The van der Waals surface area contributed by atoms with Crippen LogP contribution >= 0.6 is 0 Å². The summed E-state index contributed by atoms with van der Waals surface area (Å²) >= 11 is 0. The zero-order valence-electron chi connectivity index (χ0n) is 29.6. The van der Waals surface area contributed by atoms with E-state index in [0.29, 0.717) is 11.8 Å². The lowest BCUT2D eigenvalue weighted by Crippen LogP contribution is -2.02. The fourth-order valence-corrected chi connectivity index (χ4v) is 7.08. The van der Waals surface area contributed by atoms with Crippen molar-refractivity contribution in [3.8, 4) is 0 Å². The van der Waals surface area contributed by atoms with Crippen LogP contribution in [0.4, 0.5) is 11.4 Å². The molecule has 0 amide bonds. The second kappa shape index (κ2) is 20.7. The largest absolute Gasteiger partial charge is 0.399 e. The Balaban J connectivity index is 1.12.